The van der Waals surface area contributed by atoms with Crippen molar-refractivity contribution in [2.24, 2.45) is 47.1 Å². The summed E-state index contributed by atoms with van der Waals surface area (Å²) >= 11 is 0. The molecule has 10 aromatic heterocycles. The Labute approximate surface area is 827 Å². The zero-order chi connectivity index (χ0) is 99.1. The second-order valence-electron chi connectivity index (χ2n) is 40.4. The van der Waals surface area contributed by atoms with E-state index in [1.54, 1.807) is 0 Å². The minimum atomic E-state index is -0.171. The highest BCUT2D eigenvalue weighted by Gasteiger charge is 2.31. The van der Waals surface area contributed by atoms with Crippen molar-refractivity contribution in [3.8, 4) is 113 Å². The Kier molecular flexibility index (Phi) is 29.3. The Bertz CT molecular complexity index is 7520. The molecule has 14 nitrogen and oxygen atoms in total. The molecule has 0 saturated carbocycles. The van der Waals surface area contributed by atoms with Gasteiger partial charge in [0.15, 0.2) is 42.6 Å². The summed E-state index contributed by atoms with van der Waals surface area (Å²) in [5.74, 6) is 5.94. The molecule has 0 N–H and O–H groups in total. The predicted octanol–water partition coefficient (Wildman–Crippen LogP) is 27.3. The number of aromatic nitrogens is 14. The van der Waals surface area contributed by atoms with Crippen molar-refractivity contribution in [3.63, 3.8) is 0 Å². The maximum absolute atomic E-state index is 4.98. The molecule has 10 heterocycles. The van der Waals surface area contributed by atoms with Gasteiger partial charge in [-0.1, -0.05) is 238 Å². The second-order valence-corrected chi connectivity index (χ2v) is 40.4. The summed E-state index contributed by atoms with van der Waals surface area (Å²) in [5, 5.41) is 12.1. The molecule has 0 aliphatic heterocycles. The summed E-state index contributed by atoms with van der Waals surface area (Å²) in [4.78, 5) is 42.7. The average Bonchev–Trinajstić information content (AvgIpc) is 0.744. The van der Waals surface area contributed by atoms with Crippen LogP contribution in [0.4, 0.5) is 0 Å². The van der Waals surface area contributed by atoms with Gasteiger partial charge in [-0.15, -0.1) is 0 Å². The molecular weight excluding hydrogens is 1710 g/mol. The zero-order valence-electron chi connectivity index (χ0n) is 85.9. The largest absolute Gasteiger partial charge is 0.265 e. The van der Waals surface area contributed by atoms with Gasteiger partial charge >= 0.3 is 0 Å². The van der Waals surface area contributed by atoms with E-state index in [0.717, 1.165) is 75.6 Å². The number of pyridine rings is 8. The van der Waals surface area contributed by atoms with Gasteiger partial charge in [0.05, 0.1) is 22.4 Å². The summed E-state index contributed by atoms with van der Waals surface area (Å²) < 4.78 is 11.1. The SMILES string of the molecule is Cc1cc(C)c(C)c(-c2cc3c(-c4nc(C(C)(C)C)nc(C(C)(C)C)n4)cccc3c[n+]2C)c1.Cc1cc(C)c(C)c(-c2cc3c(-c4nc(CC(C)C)nc(CC(C)C)n4)cccc3c[n+]2C)c1.Cc1ccccc1-c1c(-c2ccccn2)c2ccccc2c[n+]1C.Cc1ccccc1-c1c(-c2cccnc2)c2ccccc2c[n+]1C.Cc1ccccc1-c1c(-c2ccncc2)c2ccccc2c[n+]1C. The fourth-order valence-electron chi connectivity index (χ4n) is 19.1. The highest BCUT2D eigenvalue weighted by molar-refractivity contribution is 6.04. The van der Waals surface area contributed by atoms with Crippen molar-refractivity contribution in [3.05, 3.63) is 396 Å². The number of fused-ring (bicyclic) bond motifs is 5. The van der Waals surface area contributed by atoms with Crippen LogP contribution in [0.15, 0.2) is 323 Å². The van der Waals surface area contributed by atoms with Gasteiger partial charge in [-0.25, -0.2) is 39.0 Å². The van der Waals surface area contributed by atoms with E-state index >= 15 is 0 Å². The smallest absolute Gasteiger partial charge is 0.222 e. The first-order valence-corrected chi connectivity index (χ1v) is 48.8. The molecule has 0 aliphatic carbocycles. The molecule has 0 saturated heterocycles. The van der Waals surface area contributed by atoms with Crippen LogP contribution in [0.1, 0.15) is 143 Å². The minimum absolute atomic E-state index is 0.171. The van der Waals surface area contributed by atoms with E-state index < -0.39 is 0 Å². The van der Waals surface area contributed by atoms with E-state index in [1.807, 2.05) is 49.2 Å². The van der Waals surface area contributed by atoms with Gasteiger partial charge < -0.3 is 0 Å². The highest BCUT2D eigenvalue weighted by Crippen LogP contribution is 2.42. The minimum Gasteiger partial charge on any atom is -0.265 e. The molecule has 140 heavy (non-hydrogen) atoms. The maximum atomic E-state index is 4.98. The van der Waals surface area contributed by atoms with Gasteiger partial charge in [0.1, 0.15) is 58.5 Å². The Morgan fingerprint density at radius 3 is 1.04 bits per heavy atom. The normalized spacial score (nSPS) is 11.5. The molecule has 20 rings (SSSR count). The fourth-order valence-corrected chi connectivity index (χ4v) is 19.1. The standard InChI is InChI=1S/2C30H37N4.3C22H19N2/c1-18-14-19(2)20(3)23(15-18)25-16-24-21(17-34(25)10)12-11-13-22(24)26-31-27(29(4,5)6)33-28(32-26)30(7,8)9;1-18(2)12-28-31-29(13-19(3)4)33-30(32-28)24-11-9-10-23-17-34(8)27(16-26(23)24)25-15-20(5)14-21(6)22(25)7;1-16-9-3-5-11-18(16)22-21(20-13-7-8-14-23-20)19-12-6-4-10-17(19)15-24(22)2;1-16-8-3-5-11-19(16)22-21(17-10-7-13-23-14-17)20-12-6-4-9-18(20)15-24(22)2;1-16-7-3-5-9-19(16)22-21(17-11-13-23-14-12-17)20-10-6-4-8-18(20)15-24(22)2/h11-17H,1-10H3;9-11,14-19H,12-13H2,1-8H3;3*3-15H,1-2H3/q5*+1. The molecular formula is C126H131N14+5. The van der Waals surface area contributed by atoms with E-state index in [1.165, 1.54) is 177 Å². The molecule has 0 amide bonds. The Balaban J connectivity index is 0.000000127. The molecule has 700 valence electrons. The first-order chi connectivity index (χ1) is 67.1. The fraction of sp³-hybridized carbons (Fsp3) is 0.238. The molecule has 20 aromatic rings. The summed E-state index contributed by atoms with van der Waals surface area (Å²) in [5.41, 5.74) is 32.7. The summed E-state index contributed by atoms with van der Waals surface area (Å²) in [6.07, 6.45) is 22.1. The molecule has 0 unspecified atom stereocenters. The van der Waals surface area contributed by atoms with Crippen LogP contribution in [0.5, 0.6) is 0 Å². The van der Waals surface area contributed by atoms with Crippen LogP contribution >= 0.6 is 0 Å². The summed E-state index contributed by atoms with van der Waals surface area (Å²) in [6, 6.07) is 92.1. The van der Waals surface area contributed by atoms with E-state index in [4.69, 9.17) is 29.9 Å². The Hall–Kier alpha value is -15.3. The van der Waals surface area contributed by atoms with E-state index in [9.17, 15) is 0 Å². The van der Waals surface area contributed by atoms with Crippen LogP contribution in [0.25, 0.3) is 166 Å². The van der Waals surface area contributed by atoms with E-state index in [0.29, 0.717) is 11.8 Å². The van der Waals surface area contributed by atoms with Gasteiger partial charge in [-0.05, 0) is 210 Å². The predicted molar refractivity (Wildman–Crippen MR) is 577 cm³/mol. The quantitative estimate of drug-likeness (QED) is 0.0975. The summed E-state index contributed by atoms with van der Waals surface area (Å²) in [7, 11) is 10.6. The number of rotatable bonds is 14. The number of aryl methyl sites for hydroxylation is 12. The van der Waals surface area contributed by atoms with Crippen molar-refractivity contribution in [2.45, 2.75) is 155 Å². The van der Waals surface area contributed by atoms with E-state index in [-0.39, 0.29) is 10.8 Å². The molecule has 14 heteroatoms. The second kappa shape index (κ2) is 42.0. The lowest BCUT2D eigenvalue weighted by Crippen LogP contribution is -2.31. The van der Waals surface area contributed by atoms with Gasteiger partial charge in [-0.2, -0.15) is 13.7 Å². The van der Waals surface area contributed by atoms with Crippen molar-refractivity contribution in [1.82, 2.24) is 44.9 Å². The van der Waals surface area contributed by atoms with Gasteiger partial charge in [-0.3, -0.25) is 15.0 Å². The molecule has 0 radical (unpaired) electrons. The molecule has 0 fully saturated rings. The number of benzene rings is 10. The monoisotopic (exact) mass is 1840 g/mol. The topological polar surface area (TPSA) is 135 Å². The lowest BCUT2D eigenvalue weighted by atomic mass is 9.92. The molecule has 10 aromatic carbocycles. The molecule has 0 aliphatic rings. The maximum Gasteiger partial charge on any atom is 0.222 e. The number of nitrogens with zero attached hydrogens (tertiary/aromatic N) is 14. The first-order valence-electron chi connectivity index (χ1n) is 48.8. The van der Waals surface area contributed by atoms with Gasteiger partial charge in [0.2, 0.25) is 28.5 Å². The highest BCUT2D eigenvalue weighted by atomic mass is 15.1. The van der Waals surface area contributed by atoms with Gasteiger partial charge in [0.25, 0.3) is 0 Å². The van der Waals surface area contributed by atoms with Crippen molar-refractivity contribution < 1.29 is 22.8 Å². The lowest BCUT2D eigenvalue weighted by Gasteiger charge is -2.23. The number of hydrogen-bond acceptors (Lipinski definition) is 9. The Morgan fingerprint density at radius 1 is 0.279 bits per heavy atom. The van der Waals surface area contributed by atoms with Crippen molar-refractivity contribution in [2.75, 3.05) is 0 Å². The van der Waals surface area contributed by atoms with Crippen LogP contribution < -0.4 is 22.8 Å². The third kappa shape index (κ3) is 21.5. The third-order valence-corrected chi connectivity index (χ3v) is 26.3. The van der Waals surface area contributed by atoms with Crippen molar-refractivity contribution in [1.29, 1.82) is 0 Å². The van der Waals surface area contributed by atoms with Crippen LogP contribution in [0.3, 0.4) is 0 Å². The Morgan fingerprint density at radius 2 is 0.643 bits per heavy atom. The van der Waals surface area contributed by atoms with Crippen molar-refractivity contribution >= 4 is 53.9 Å². The van der Waals surface area contributed by atoms with Crippen LogP contribution in [-0.2, 0) is 58.9 Å². The average molecular weight is 1840 g/mol. The zero-order valence-corrected chi connectivity index (χ0v) is 85.9. The van der Waals surface area contributed by atoms with Crippen LogP contribution in [-0.4, -0.2) is 44.9 Å². The van der Waals surface area contributed by atoms with Crippen LogP contribution in [0.2, 0.25) is 0 Å². The first kappa shape index (κ1) is 97.8. The summed E-state index contributed by atoms with van der Waals surface area (Å²) in [6.45, 7) is 41.4. The molecule has 0 atom stereocenters. The number of hydrogen-bond donors (Lipinski definition) is 0. The van der Waals surface area contributed by atoms with Gasteiger partial charge in [0, 0.05) is 165 Å². The van der Waals surface area contributed by atoms with Crippen LogP contribution in [0, 0.1) is 74.1 Å². The molecule has 0 spiro atoms. The van der Waals surface area contributed by atoms with E-state index in [2.05, 4.69) is 478 Å². The third-order valence-electron chi connectivity index (χ3n) is 26.3. The lowest BCUT2D eigenvalue weighted by molar-refractivity contribution is -0.659. The molecule has 0 bridgehead atoms.